The number of nitrogens with one attached hydrogen (secondary N) is 2. The predicted molar refractivity (Wildman–Crippen MR) is 93.2 cm³/mol. The quantitative estimate of drug-likeness (QED) is 0.797. The van der Waals surface area contributed by atoms with E-state index in [0.29, 0.717) is 30.6 Å². The fourth-order valence-corrected chi connectivity index (χ4v) is 4.98. The lowest BCUT2D eigenvalue weighted by molar-refractivity contribution is -0.134. The number of hydrazine groups is 1. The number of nitrogens with zero attached hydrogens (tertiary/aromatic N) is 2. The fourth-order valence-electron chi connectivity index (χ4n) is 2.89. The van der Waals surface area contributed by atoms with Crippen molar-refractivity contribution >= 4 is 22.1 Å². The maximum absolute atomic E-state index is 13.5. The molecule has 1 atom stereocenters. The molecule has 0 spiro atoms. The van der Waals surface area contributed by atoms with Gasteiger partial charge in [-0.3, -0.25) is 4.79 Å². The standard InChI is InChI=1S/C16H24N4O3S/c1-5-13-10-8-9-12(4)14(13)24(22,23)16(17-11-18-19-16)15(21)20(6-2)7-3/h8-11,19H,5-7H2,1-4H3,(H,17,18). The van der Waals surface area contributed by atoms with Gasteiger partial charge in [0.1, 0.15) is 6.34 Å². The van der Waals surface area contributed by atoms with Crippen LogP contribution >= 0.6 is 0 Å². The average Bonchev–Trinajstić information content (AvgIpc) is 3.06. The Morgan fingerprint density at radius 3 is 2.42 bits per heavy atom. The highest BCUT2D eigenvalue weighted by molar-refractivity contribution is 7.93. The molecule has 0 aromatic heterocycles. The smallest absolute Gasteiger partial charge is 0.315 e. The third-order valence-corrected chi connectivity index (χ3v) is 6.51. The summed E-state index contributed by atoms with van der Waals surface area (Å²) in [7, 11) is -4.10. The first-order valence-corrected chi connectivity index (χ1v) is 9.52. The molecule has 0 saturated carbocycles. The number of likely N-dealkylation sites (N-methyl/N-ethyl adjacent to an activating group) is 1. The summed E-state index contributed by atoms with van der Waals surface area (Å²) in [5.41, 5.74) is 6.42. The third-order valence-electron chi connectivity index (χ3n) is 4.23. The van der Waals surface area contributed by atoms with Gasteiger partial charge in [0.2, 0.25) is 9.84 Å². The lowest BCUT2D eigenvalue weighted by Gasteiger charge is -2.31. The zero-order valence-corrected chi connectivity index (χ0v) is 15.3. The number of rotatable bonds is 6. The zero-order chi connectivity index (χ0) is 18.0. The molecule has 1 unspecified atom stereocenters. The molecular formula is C16H24N4O3S. The van der Waals surface area contributed by atoms with Crippen LogP contribution in [0.5, 0.6) is 0 Å². The van der Waals surface area contributed by atoms with E-state index in [4.69, 9.17) is 0 Å². The first-order valence-electron chi connectivity index (χ1n) is 8.04. The Labute approximate surface area is 143 Å². The van der Waals surface area contributed by atoms with Gasteiger partial charge in [-0.1, -0.05) is 25.1 Å². The summed E-state index contributed by atoms with van der Waals surface area (Å²) in [5, 5.41) is 0. The van der Waals surface area contributed by atoms with Crippen LogP contribution in [0.15, 0.2) is 28.1 Å². The van der Waals surface area contributed by atoms with Gasteiger partial charge in [-0.15, -0.1) is 0 Å². The number of carbonyl (C=O) groups is 1. The van der Waals surface area contributed by atoms with Crippen molar-refractivity contribution in [3.8, 4) is 0 Å². The molecule has 1 amide bonds. The number of amides is 1. The Hall–Kier alpha value is -1.93. The van der Waals surface area contributed by atoms with E-state index < -0.39 is 20.7 Å². The van der Waals surface area contributed by atoms with E-state index in [1.165, 1.54) is 11.2 Å². The van der Waals surface area contributed by atoms with Gasteiger partial charge in [0.05, 0.1) is 4.90 Å². The van der Waals surface area contributed by atoms with Crippen LogP contribution in [0.2, 0.25) is 0 Å². The van der Waals surface area contributed by atoms with Crippen molar-refractivity contribution in [3.05, 3.63) is 29.3 Å². The normalized spacial score (nSPS) is 20.0. The molecule has 1 aliphatic heterocycles. The molecule has 0 radical (unpaired) electrons. The van der Waals surface area contributed by atoms with Gasteiger partial charge in [0.15, 0.2) is 0 Å². The molecule has 7 nitrogen and oxygen atoms in total. The summed E-state index contributed by atoms with van der Waals surface area (Å²) >= 11 is 0. The van der Waals surface area contributed by atoms with Gasteiger partial charge in [0, 0.05) is 13.1 Å². The minimum Gasteiger partial charge on any atom is -0.339 e. The third kappa shape index (κ3) is 2.69. The van der Waals surface area contributed by atoms with Gasteiger partial charge < -0.3 is 10.3 Å². The van der Waals surface area contributed by atoms with Crippen LogP contribution in [-0.2, 0) is 21.1 Å². The molecule has 0 aliphatic carbocycles. The van der Waals surface area contributed by atoms with Crippen molar-refractivity contribution in [3.63, 3.8) is 0 Å². The summed E-state index contributed by atoms with van der Waals surface area (Å²) in [6, 6.07) is 5.31. The van der Waals surface area contributed by atoms with Gasteiger partial charge in [-0.2, -0.15) is 5.43 Å². The lowest BCUT2D eigenvalue weighted by atomic mass is 10.1. The largest absolute Gasteiger partial charge is 0.339 e. The SMILES string of the molecule is CCc1cccc(C)c1S(=O)(=O)C1(C(=O)N(CC)CC)N=CNN1. The van der Waals surface area contributed by atoms with Crippen LogP contribution in [0.25, 0.3) is 0 Å². The number of aliphatic imine (C=N–C) groups is 1. The molecule has 132 valence electrons. The van der Waals surface area contributed by atoms with E-state index in [1.807, 2.05) is 13.0 Å². The second-order valence-electron chi connectivity index (χ2n) is 5.57. The molecule has 0 fully saturated rings. The second-order valence-corrected chi connectivity index (χ2v) is 7.58. The molecule has 1 aromatic carbocycles. The van der Waals surface area contributed by atoms with Gasteiger partial charge in [-0.25, -0.2) is 13.4 Å². The van der Waals surface area contributed by atoms with Crippen LogP contribution in [0.1, 0.15) is 31.9 Å². The molecule has 24 heavy (non-hydrogen) atoms. The van der Waals surface area contributed by atoms with Crippen molar-refractivity contribution < 1.29 is 13.2 Å². The highest BCUT2D eigenvalue weighted by Crippen LogP contribution is 2.32. The molecule has 1 heterocycles. The van der Waals surface area contributed by atoms with Gasteiger partial charge in [-0.05, 0) is 38.3 Å². The maximum Gasteiger partial charge on any atom is 0.315 e. The summed E-state index contributed by atoms with van der Waals surface area (Å²) in [5.74, 6) is -0.584. The molecule has 0 bridgehead atoms. The summed E-state index contributed by atoms with van der Waals surface area (Å²) in [6.45, 7) is 8.03. The number of benzene rings is 1. The Balaban J connectivity index is 2.69. The predicted octanol–water partition coefficient (Wildman–Crippen LogP) is 0.989. The number of carbonyl (C=O) groups excluding carboxylic acids is 1. The lowest BCUT2D eigenvalue weighted by Crippen LogP contribution is -2.61. The molecular weight excluding hydrogens is 328 g/mol. The number of sulfone groups is 1. The molecule has 2 rings (SSSR count). The van der Waals surface area contributed by atoms with Crippen molar-refractivity contribution in [1.29, 1.82) is 0 Å². The van der Waals surface area contributed by atoms with Crippen molar-refractivity contribution in [2.75, 3.05) is 13.1 Å². The highest BCUT2D eigenvalue weighted by Gasteiger charge is 2.55. The summed E-state index contributed by atoms with van der Waals surface area (Å²) in [6.07, 6.45) is 1.76. The van der Waals surface area contributed by atoms with Crippen molar-refractivity contribution in [1.82, 2.24) is 15.8 Å². The first kappa shape index (κ1) is 18.4. The second kappa shape index (κ2) is 6.90. The van der Waals surface area contributed by atoms with E-state index in [2.05, 4.69) is 15.8 Å². The number of hydrogen-bond donors (Lipinski definition) is 2. The molecule has 8 heteroatoms. The molecule has 2 N–H and O–H groups in total. The van der Waals surface area contributed by atoms with Crippen molar-refractivity contribution in [2.45, 2.75) is 44.0 Å². The van der Waals surface area contributed by atoms with E-state index in [9.17, 15) is 13.2 Å². The van der Waals surface area contributed by atoms with Crippen molar-refractivity contribution in [2.24, 2.45) is 4.99 Å². The van der Waals surface area contributed by atoms with Crippen LogP contribution in [-0.4, -0.2) is 43.6 Å². The summed E-state index contributed by atoms with van der Waals surface area (Å²) < 4.78 is 26.9. The topological polar surface area (TPSA) is 90.9 Å². The molecule has 1 aromatic rings. The van der Waals surface area contributed by atoms with Gasteiger partial charge >= 0.3 is 4.99 Å². The highest BCUT2D eigenvalue weighted by atomic mass is 32.2. The van der Waals surface area contributed by atoms with Crippen LogP contribution in [0.4, 0.5) is 0 Å². The van der Waals surface area contributed by atoms with E-state index in [1.54, 1.807) is 32.9 Å². The maximum atomic E-state index is 13.5. The minimum atomic E-state index is -4.10. The van der Waals surface area contributed by atoms with Crippen LogP contribution < -0.4 is 10.9 Å². The minimum absolute atomic E-state index is 0.168. The zero-order valence-electron chi connectivity index (χ0n) is 14.5. The van der Waals surface area contributed by atoms with Gasteiger partial charge in [0.25, 0.3) is 5.91 Å². The monoisotopic (exact) mass is 352 g/mol. The Morgan fingerprint density at radius 2 is 1.92 bits per heavy atom. The fraction of sp³-hybridized carbons (Fsp3) is 0.500. The first-order chi connectivity index (χ1) is 11.4. The van der Waals surface area contributed by atoms with Crippen LogP contribution in [0, 0.1) is 6.92 Å². The Morgan fingerprint density at radius 1 is 1.25 bits per heavy atom. The van der Waals surface area contributed by atoms with Crippen LogP contribution in [0.3, 0.4) is 0 Å². The summed E-state index contributed by atoms with van der Waals surface area (Å²) in [4.78, 5) is 16.6. The van der Waals surface area contributed by atoms with E-state index in [0.717, 1.165) is 0 Å². The molecule has 0 saturated heterocycles. The Bertz CT molecular complexity index is 757. The number of aryl methyl sites for hydroxylation is 2. The number of hydrogen-bond acceptors (Lipinski definition) is 6. The van der Waals surface area contributed by atoms with E-state index >= 15 is 0 Å². The average molecular weight is 352 g/mol. The van der Waals surface area contributed by atoms with E-state index in [-0.39, 0.29) is 4.90 Å². The Kier molecular flexibility index (Phi) is 5.29. The molecule has 1 aliphatic rings.